The maximum absolute atomic E-state index is 2.61. The molecule has 0 fully saturated rings. The van der Waals surface area contributed by atoms with Crippen molar-refractivity contribution in [2.45, 2.75) is 65.2 Å². The Balaban J connectivity index is 1.61. The number of benzene rings is 3. The molecule has 2 aliphatic rings. The molecule has 3 aromatic rings. The van der Waals surface area contributed by atoms with E-state index in [4.69, 9.17) is 0 Å². The number of fused-ring (bicyclic) bond motifs is 3. The second-order valence-electron chi connectivity index (χ2n) is 10.6. The Labute approximate surface area is 217 Å². The number of hydrogen-bond acceptors (Lipinski definition) is 1. The summed E-state index contributed by atoms with van der Waals surface area (Å²) in [7, 11) is 0. The molecule has 0 bridgehead atoms. The summed E-state index contributed by atoms with van der Waals surface area (Å²) in [5.74, 6) is 0. The minimum Gasteiger partial charge on any atom is -0.372 e. The van der Waals surface area contributed by atoms with Gasteiger partial charge in [-0.3, -0.25) is 0 Å². The Morgan fingerprint density at radius 3 is 2.39 bits per heavy atom. The van der Waals surface area contributed by atoms with Crippen molar-refractivity contribution in [3.8, 4) is 0 Å². The van der Waals surface area contributed by atoms with Gasteiger partial charge in [0.05, 0.1) is 5.41 Å². The molecule has 2 nitrogen and oxygen atoms in total. The number of anilines is 1. The molecule has 5 rings (SSSR count). The Hall–Kier alpha value is -3.13. The van der Waals surface area contributed by atoms with Crippen LogP contribution in [-0.2, 0) is 5.41 Å². The monoisotopic (exact) mass is 477 g/mol. The molecule has 1 aliphatic carbocycles. The summed E-state index contributed by atoms with van der Waals surface area (Å²) >= 11 is 0. The maximum atomic E-state index is 2.61. The highest BCUT2D eigenvalue weighted by Gasteiger charge is 2.48. The van der Waals surface area contributed by atoms with Gasteiger partial charge in [-0.1, -0.05) is 55.0 Å². The quantitative estimate of drug-likeness (QED) is 0.221. The smallest absolute Gasteiger partial charge is 0.210 e. The van der Waals surface area contributed by atoms with Gasteiger partial charge in [-0.15, -0.1) is 0 Å². The predicted octanol–water partition coefficient (Wildman–Crippen LogP) is 8.67. The van der Waals surface area contributed by atoms with Crippen molar-refractivity contribution in [1.82, 2.24) is 0 Å². The van der Waals surface area contributed by atoms with Gasteiger partial charge < -0.3 is 4.90 Å². The van der Waals surface area contributed by atoms with Gasteiger partial charge in [0.2, 0.25) is 5.69 Å². The summed E-state index contributed by atoms with van der Waals surface area (Å²) in [5, 5.41) is 2.75. The van der Waals surface area contributed by atoms with E-state index >= 15 is 0 Å². The Bertz CT molecular complexity index is 1320. The minimum absolute atomic E-state index is 0.0425. The van der Waals surface area contributed by atoms with Crippen LogP contribution in [0.5, 0.6) is 0 Å². The fraction of sp³-hybridized carbons (Fsp3) is 0.382. The zero-order valence-electron chi connectivity index (χ0n) is 22.6. The van der Waals surface area contributed by atoms with E-state index in [-0.39, 0.29) is 5.41 Å². The first-order valence-electron chi connectivity index (χ1n) is 14.0. The van der Waals surface area contributed by atoms with Crippen molar-refractivity contribution < 1.29 is 4.58 Å². The molecule has 0 amide bonds. The second-order valence-corrected chi connectivity index (χ2v) is 10.6. The first kappa shape index (κ1) is 24.6. The molecule has 0 N–H and O–H groups in total. The van der Waals surface area contributed by atoms with Crippen LogP contribution in [-0.4, -0.2) is 29.9 Å². The lowest BCUT2D eigenvalue weighted by Crippen LogP contribution is -2.32. The Kier molecular flexibility index (Phi) is 7.14. The summed E-state index contributed by atoms with van der Waals surface area (Å²) in [5.41, 5.74) is 8.50. The molecule has 1 atom stereocenters. The molecule has 0 aromatic heterocycles. The zero-order valence-corrected chi connectivity index (χ0v) is 22.6. The normalized spacial score (nSPS) is 19.4. The molecular weight excluding hydrogens is 436 g/mol. The first-order chi connectivity index (χ1) is 17.6. The number of allylic oxidation sites excluding steroid dienone is 3. The van der Waals surface area contributed by atoms with Gasteiger partial charge in [-0.2, -0.15) is 4.58 Å². The van der Waals surface area contributed by atoms with Gasteiger partial charge in [0.15, 0.2) is 5.71 Å². The average Bonchev–Trinajstić information content (AvgIpc) is 3.49. The summed E-state index contributed by atoms with van der Waals surface area (Å²) in [4.78, 5) is 2.40. The molecule has 186 valence electrons. The summed E-state index contributed by atoms with van der Waals surface area (Å²) in [6, 6.07) is 22.7. The highest BCUT2D eigenvalue weighted by atomic mass is 15.1. The average molecular weight is 478 g/mol. The van der Waals surface area contributed by atoms with Crippen molar-refractivity contribution in [2.24, 2.45) is 0 Å². The molecule has 0 saturated carbocycles. The highest BCUT2D eigenvalue weighted by Crippen LogP contribution is 2.48. The van der Waals surface area contributed by atoms with Gasteiger partial charge in [0.1, 0.15) is 6.54 Å². The fourth-order valence-electron chi connectivity index (χ4n) is 6.45. The zero-order chi connectivity index (χ0) is 25.1. The maximum Gasteiger partial charge on any atom is 0.210 e. The highest BCUT2D eigenvalue weighted by molar-refractivity contribution is 6.09. The van der Waals surface area contributed by atoms with Gasteiger partial charge in [-0.05, 0) is 87.1 Å². The van der Waals surface area contributed by atoms with E-state index in [1.54, 1.807) is 5.57 Å². The fourth-order valence-corrected chi connectivity index (χ4v) is 6.45. The molecule has 2 heteroatoms. The standard InChI is InChI=1S/C34H41N2/c1-5-24-36-31-22-19-28-14-10-11-15-30(28)33(31)34(4,25-27-12-8-9-13-27)32(36)23-18-26-16-20-29(21-17-26)35(6-2)7-3/h10-12,14-23H,5-9,13,24-25H2,1-4H3/q+1. The molecule has 1 aliphatic heterocycles. The van der Waals surface area contributed by atoms with E-state index in [2.05, 4.69) is 116 Å². The van der Waals surface area contributed by atoms with E-state index in [0.717, 1.165) is 32.5 Å². The SMILES string of the molecule is CCC[N+]1=C(/C=C/c2ccc(N(CC)CC)cc2)C(C)(CC2=CCCC2)c2c1ccc1ccccc21. The molecule has 0 radical (unpaired) electrons. The van der Waals surface area contributed by atoms with Crippen LogP contribution in [0.1, 0.15) is 70.9 Å². The van der Waals surface area contributed by atoms with Crippen LogP contribution in [0.4, 0.5) is 11.4 Å². The van der Waals surface area contributed by atoms with Crippen LogP contribution in [0.3, 0.4) is 0 Å². The van der Waals surface area contributed by atoms with E-state index in [9.17, 15) is 0 Å². The molecular formula is C34H41N2+. The van der Waals surface area contributed by atoms with E-state index < -0.39 is 0 Å². The van der Waals surface area contributed by atoms with Crippen LogP contribution < -0.4 is 4.90 Å². The van der Waals surface area contributed by atoms with Crippen LogP contribution in [0.25, 0.3) is 16.8 Å². The number of nitrogens with zero attached hydrogens (tertiary/aromatic N) is 2. The van der Waals surface area contributed by atoms with Crippen LogP contribution >= 0.6 is 0 Å². The number of rotatable bonds is 9. The largest absolute Gasteiger partial charge is 0.372 e. The lowest BCUT2D eigenvalue weighted by Gasteiger charge is -2.25. The lowest BCUT2D eigenvalue weighted by molar-refractivity contribution is -0.437. The van der Waals surface area contributed by atoms with Crippen molar-refractivity contribution in [3.63, 3.8) is 0 Å². The van der Waals surface area contributed by atoms with Gasteiger partial charge >= 0.3 is 0 Å². The summed E-state index contributed by atoms with van der Waals surface area (Å²) < 4.78 is 2.61. The van der Waals surface area contributed by atoms with Gasteiger partial charge in [-0.25, -0.2) is 0 Å². The van der Waals surface area contributed by atoms with Crippen LogP contribution in [0, 0.1) is 0 Å². The van der Waals surface area contributed by atoms with E-state index in [0.29, 0.717) is 0 Å². The predicted molar refractivity (Wildman–Crippen MR) is 157 cm³/mol. The molecule has 36 heavy (non-hydrogen) atoms. The topological polar surface area (TPSA) is 6.25 Å². The van der Waals surface area contributed by atoms with Crippen LogP contribution in [0.15, 0.2) is 78.4 Å². The van der Waals surface area contributed by atoms with E-state index in [1.165, 1.54) is 58.2 Å². The molecule has 0 saturated heterocycles. The van der Waals surface area contributed by atoms with Crippen molar-refractivity contribution in [2.75, 3.05) is 24.5 Å². The van der Waals surface area contributed by atoms with Crippen molar-refractivity contribution >= 4 is 33.9 Å². The van der Waals surface area contributed by atoms with Gasteiger partial charge in [0.25, 0.3) is 0 Å². The third-order valence-electron chi connectivity index (χ3n) is 8.22. The third-order valence-corrected chi connectivity index (χ3v) is 8.22. The van der Waals surface area contributed by atoms with Crippen molar-refractivity contribution in [1.29, 1.82) is 0 Å². The molecule has 1 heterocycles. The summed E-state index contributed by atoms with van der Waals surface area (Å²) in [6.45, 7) is 12.3. The molecule has 1 unspecified atom stereocenters. The van der Waals surface area contributed by atoms with Crippen LogP contribution in [0.2, 0.25) is 0 Å². The molecule has 0 spiro atoms. The summed E-state index contributed by atoms with van der Waals surface area (Å²) in [6.07, 6.45) is 13.3. The van der Waals surface area contributed by atoms with Crippen molar-refractivity contribution in [3.05, 3.63) is 89.5 Å². The molecule has 3 aromatic carbocycles. The number of hydrogen-bond donors (Lipinski definition) is 0. The Morgan fingerprint density at radius 1 is 0.917 bits per heavy atom. The Morgan fingerprint density at radius 2 is 1.69 bits per heavy atom. The van der Waals surface area contributed by atoms with E-state index in [1.807, 2.05) is 0 Å². The third kappa shape index (κ3) is 4.43. The van der Waals surface area contributed by atoms with Gasteiger partial charge in [0, 0.05) is 42.9 Å². The lowest BCUT2D eigenvalue weighted by atomic mass is 9.72. The minimum atomic E-state index is -0.0425. The first-order valence-corrected chi connectivity index (χ1v) is 14.0. The second kappa shape index (κ2) is 10.5.